The summed E-state index contributed by atoms with van der Waals surface area (Å²) in [4.78, 5) is 31.3. The van der Waals surface area contributed by atoms with Crippen LogP contribution in [0.5, 0.6) is 17.8 Å². The second kappa shape index (κ2) is 6.42. The Labute approximate surface area is 127 Å². The SMILES string of the molecule is C=C(Oc1nc(OC)cc(OC)n1)C1C(=O)OC(=O)C1CC. The molecule has 1 aromatic heterocycles. The molecule has 0 bridgehead atoms. The average Bonchev–Trinajstić information content (AvgIpc) is 2.80. The van der Waals surface area contributed by atoms with Crippen LogP contribution in [0.1, 0.15) is 13.3 Å². The van der Waals surface area contributed by atoms with Crippen molar-refractivity contribution in [2.45, 2.75) is 13.3 Å². The molecule has 0 amide bonds. The quantitative estimate of drug-likeness (QED) is 0.438. The van der Waals surface area contributed by atoms with Crippen molar-refractivity contribution in [1.82, 2.24) is 9.97 Å². The van der Waals surface area contributed by atoms with Crippen molar-refractivity contribution in [2.75, 3.05) is 14.2 Å². The highest BCUT2D eigenvalue weighted by Crippen LogP contribution is 2.32. The molecule has 1 fully saturated rings. The van der Waals surface area contributed by atoms with Gasteiger partial charge in [0.1, 0.15) is 11.7 Å². The fraction of sp³-hybridized carbons (Fsp3) is 0.429. The van der Waals surface area contributed by atoms with Crippen LogP contribution in [0.15, 0.2) is 18.4 Å². The van der Waals surface area contributed by atoms with Crippen LogP contribution in [0.2, 0.25) is 0 Å². The zero-order valence-corrected chi connectivity index (χ0v) is 12.5. The Morgan fingerprint density at radius 2 is 1.82 bits per heavy atom. The van der Waals surface area contributed by atoms with E-state index in [9.17, 15) is 9.59 Å². The summed E-state index contributed by atoms with van der Waals surface area (Å²) in [6, 6.07) is 1.38. The van der Waals surface area contributed by atoms with E-state index in [0.29, 0.717) is 6.42 Å². The van der Waals surface area contributed by atoms with E-state index >= 15 is 0 Å². The van der Waals surface area contributed by atoms with Gasteiger partial charge in [0.25, 0.3) is 0 Å². The molecule has 2 atom stereocenters. The zero-order chi connectivity index (χ0) is 16.3. The molecule has 2 rings (SSSR count). The molecule has 1 aliphatic rings. The van der Waals surface area contributed by atoms with Gasteiger partial charge in [-0.25, -0.2) is 0 Å². The summed E-state index contributed by atoms with van der Waals surface area (Å²) in [5, 5.41) is 0. The molecule has 1 saturated heterocycles. The van der Waals surface area contributed by atoms with E-state index in [1.165, 1.54) is 20.3 Å². The largest absolute Gasteiger partial charge is 0.481 e. The number of cyclic esters (lactones) is 2. The first kappa shape index (κ1) is 15.7. The van der Waals surface area contributed by atoms with Gasteiger partial charge >= 0.3 is 17.9 Å². The van der Waals surface area contributed by atoms with Crippen molar-refractivity contribution in [2.24, 2.45) is 11.8 Å². The van der Waals surface area contributed by atoms with Gasteiger partial charge in [0.05, 0.1) is 26.2 Å². The first-order chi connectivity index (χ1) is 10.5. The van der Waals surface area contributed by atoms with Crippen LogP contribution in [0, 0.1) is 11.8 Å². The highest BCUT2D eigenvalue weighted by molar-refractivity contribution is 5.97. The molecule has 8 heteroatoms. The predicted molar refractivity (Wildman–Crippen MR) is 73.3 cm³/mol. The summed E-state index contributed by atoms with van der Waals surface area (Å²) in [5.74, 6) is -2.26. The Morgan fingerprint density at radius 3 is 2.32 bits per heavy atom. The highest BCUT2D eigenvalue weighted by Gasteiger charge is 2.46. The summed E-state index contributed by atoms with van der Waals surface area (Å²) in [6.07, 6.45) is 0.430. The Kier molecular flexibility index (Phi) is 4.59. The van der Waals surface area contributed by atoms with Crippen molar-refractivity contribution < 1.29 is 28.5 Å². The van der Waals surface area contributed by atoms with Crippen LogP contribution >= 0.6 is 0 Å². The first-order valence-corrected chi connectivity index (χ1v) is 6.59. The van der Waals surface area contributed by atoms with E-state index < -0.39 is 23.8 Å². The Morgan fingerprint density at radius 1 is 1.23 bits per heavy atom. The predicted octanol–water partition coefficient (Wildman–Crippen LogP) is 1.11. The van der Waals surface area contributed by atoms with Crippen molar-refractivity contribution in [3.63, 3.8) is 0 Å². The second-order valence-corrected chi connectivity index (χ2v) is 4.54. The number of carbonyl (C=O) groups is 2. The molecular weight excluding hydrogens is 292 g/mol. The zero-order valence-electron chi connectivity index (χ0n) is 12.5. The first-order valence-electron chi connectivity index (χ1n) is 6.59. The summed E-state index contributed by atoms with van der Waals surface area (Å²) in [5.41, 5.74) is 0. The maximum atomic E-state index is 11.8. The fourth-order valence-corrected chi connectivity index (χ4v) is 2.12. The number of hydrogen-bond acceptors (Lipinski definition) is 8. The van der Waals surface area contributed by atoms with Gasteiger partial charge in [-0.15, -0.1) is 0 Å². The third kappa shape index (κ3) is 3.00. The van der Waals surface area contributed by atoms with E-state index in [-0.39, 0.29) is 23.5 Å². The van der Waals surface area contributed by atoms with E-state index in [2.05, 4.69) is 21.3 Å². The number of aromatic nitrogens is 2. The number of rotatable bonds is 6. The third-order valence-electron chi connectivity index (χ3n) is 3.25. The minimum absolute atomic E-state index is 0.0398. The van der Waals surface area contributed by atoms with E-state index in [1.54, 1.807) is 6.92 Å². The molecule has 0 aromatic carbocycles. The summed E-state index contributed by atoms with van der Waals surface area (Å²) >= 11 is 0. The molecule has 0 saturated carbocycles. The highest BCUT2D eigenvalue weighted by atomic mass is 16.6. The Hall–Kier alpha value is -2.64. The van der Waals surface area contributed by atoms with Crippen LogP contribution in [0.25, 0.3) is 0 Å². The lowest BCUT2D eigenvalue weighted by molar-refractivity contribution is -0.153. The van der Waals surface area contributed by atoms with Gasteiger partial charge < -0.3 is 18.9 Å². The van der Waals surface area contributed by atoms with Crippen LogP contribution in [0.3, 0.4) is 0 Å². The van der Waals surface area contributed by atoms with Crippen molar-refractivity contribution >= 4 is 11.9 Å². The van der Waals surface area contributed by atoms with Gasteiger partial charge in [0.15, 0.2) is 0 Å². The van der Waals surface area contributed by atoms with Crippen molar-refractivity contribution in [3.05, 3.63) is 18.4 Å². The van der Waals surface area contributed by atoms with Gasteiger partial charge in [0.2, 0.25) is 11.8 Å². The van der Waals surface area contributed by atoms with Gasteiger partial charge in [-0.05, 0) is 6.42 Å². The molecule has 0 aliphatic carbocycles. The average molecular weight is 308 g/mol. The lowest BCUT2D eigenvalue weighted by Gasteiger charge is -2.15. The van der Waals surface area contributed by atoms with E-state index in [0.717, 1.165) is 0 Å². The van der Waals surface area contributed by atoms with Crippen LogP contribution in [0.4, 0.5) is 0 Å². The number of ether oxygens (including phenoxy) is 4. The maximum Gasteiger partial charge on any atom is 0.328 e. The smallest absolute Gasteiger partial charge is 0.328 e. The van der Waals surface area contributed by atoms with Gasteiger partial charge in [0, 0.05) is 0 Å². The normalized spacial score (nSPS) is 20.5. The van der Waals surface area contributed by atoms with Crippen LogP contribution < -0.4 is 14.2 Å². The van der Waals surface area contributed by atoms with Crippen LogP contribution in [-0.2, 0) is 14.3 Å². The van der Waals surface area contributed by atoms with Gasteiger partial charge in [-0.3, -0.25) is 9.59 Å². The maximum absolute atomic E-state index is 11.8. The number of nitrogens with zero attached hydrogens (tertiary/aromatic N) is 2. The van der Waals surface area contributed by atoms with Crippen LogP contribution in [-0.4, -0.2) is 36.1 Å². The molecule has 2 unspecified atom stereocenters. The molecule has 8 nitrogen and oxygen atoms in total. The molecule has 22 heavy (non-hydrogen) atoms. The number of esters is 2. The minimum atomic E-state index is -0.877. The van der Waals surface area contributed by atoms with E-state index in [4.69, 9.17) is 14.2 Å². The van der Waals surface area contributed by atoms with Crippen molar-refractivity contribution in [3.8, 4) is 17.8 Å². The standard InChI is InChI=1S/C14H16N2O6/c1-5-8-11(13(18)22-12(8)17)7(2)21-14-15-9(19-3)6-10(16-14)20-4/h6,8,11H,2,5H2,1,3-4H3. The molecular formula is C14H16N2O6. The van der Waals surface area contributed by atoms with Gasteiger partial charge in [-0.2, -0.15) is 9.97 Å². The molecule has 0 radical (unpaired) electrons. The van der Waals surface area contributed by atoms with Crippen molar-refractivity contribution in [1.29, 1.82) is 0 Å². The Balaban J connectivity index is 2.21. The second-order valence-electron chi connectivity index (χ2n) is 4.54. The number of carbonyl (C=O) groups excluding carboxylic acids is 2. The Bertz CT molecular complexity index is 593. The molecule has 2 heterocycles. The molecule has 1 aliphatic heterocycles. The number of methoxy groups -OCH3 is 2. The minimum Gasteiger partial charge on any atom is -0.481 e. The molecule has 0 N–H and O–H groups in total. The monoisotopic (exact) mass is 308 g/mol. The van der Waals surface area contributed by atoms with E-state index in [1.807, 2.05) is 0 Å². The summed E-state index contributed by atoms with van der Waals surface area (Å²) < 4.78 is 20.0. The fourth-order valence-electron chi connectivity index (χ4n) is 2.12. The topological polar surface area (TPSA) is 96.8 Å². The number of hydrogen-bond donors (Lipinski definition) is 0. The lowest BCUT2D eigenvalue weighted by Crippen LogP contribution is -2.22. The third-order valence-corrected chi connectivity index (χ3v) is 3.25. The summed E-state index contributed by atoms with van der Waals surface area (Å²) in [6.45, 7) is 5.46. The summed E-state index contributed by atoms with van der Waals surface area (Å²) in [7, 11) is 2.86. The molecule has 0 spiro atoms. The molecule has 118 valence electrons. The lowest BCUT2D eigenvalue weighted by atomic mass is 9.91. The van der Waals surface area contributed by atoms with Gasteiger partial charge in [-0.1, -0.05) is 13.5 Å². The molecule has 1 aromatic rings.